The molecular weight excluding hydrogens is 466 g/mol. The molecular formula is C27H28ClN3O4. The summed E-state index contributed by atoms with van der Waals surface area (Å²) < 4.78 is 11.2. The van der Waals surface area contributed by atoms with E-state index in [0.717, 1.165) is 16.7 Å². The smallest absolute Gasteiger partial charge is 0.317 e. The molecule has 3 aromatic rings. The van der Waals surface area contributed by atoms with E-state index >= 15 is 0 Å². The molecule has 1 unspecified atom stereocenters. The van der Waals surface area contributed by atoms with Gasteiger partial charge < -0.3 is 14.4 Å². The topological polar surface area (TPSA) is 88.7 Å². The minimum absolute atomic E-state index is 0.0505. The largest absolute Gasteiger partial charge is 0.480 e. The monoisotopic (exact) mass is 493 g/mol. The zero-order valence-electron chi connectivity index (χ0n) is 20.0. The molecule has 0 saturated carbocycles. The maximum Gasteiger partial charge on any atom is 0.317 e. The summed E-state index contributed by atoms with van der Waals surface area (Å²) in [5.74, 6) is -0.0199. The van der Waals surface area contributed by atoms with Crippen LogP contribution in [-0.2, 0) is 16.1 Å². The number of hydrogen-bond acceptors (Lipinski definition) is 6. The lowest BCUT2D eigenvalue weighted by molar-refractivity contribution is -0.138. The molecule has 1 heterocycles. The minimum atomic E-state index is -0.876. The summed E-state index contributed by atoms with van der Waals surface area (Å²) in [7, 11) is 3.45. The fourth-order valence-electron chi connectivity index (χ4n) is 4.52. The Hall–Kier alpha value is -3.26. The van der Waals surface area contributed by atoms with Gasteiger partial charge in [-0.3, -0.25) is 9.69 Å². The van der Waals surface area contributed by atoms with E-state index in [1.165, 1.54) is 5.57 Å². The van der Waals surface area contributed by atoms with Crippen molar-refractivity contribution in [3.8, 4) is 11.4 Å². The quantitative estimate of drug-likeness (QED) is 0.425. The van der Waals surface area contributed by atoms with Gasteiger partial charge in [-0.15, -0.1) is 0 Å². The van der Waals surface area contributed by atoms with Crippen molar-refractivity contribution in [1.29, 1.82) is 0 Å². The molecule has 1 aromatic heterocycles. The highest BCUT2D eigenvalue weighted by Gasteiger charge is 2.35. The third-order valence-corrected chi connectivity index (χ3v) is 6.38. The number of carbonyl (C=O) groups is 1. The second kappa shape index (κ2) is 10.6. The lowest BCUT2D eigenvalue weighted by Gasteiger charge is -2.34. The van der Waals surface area contributed by atoms with E-state index < -0.39 is 5.97 Å². The number of benzene rings is 2. The number of allylic oxidation sites excluding steroid dienone is 3. The van der Waals surface area contributed by atoms with E-state index in [4.69, 9.17) is 26.0 Å². The number of carboxylic acids is 1. The van der Waals surface area contributed by atoms with Crippen molar-refractivity contribution in [3.05, 3.63) is 82.7 Å². The van der Waals surface area contributed by atoms with Gasteiger partial charge in [0.2, 0.25) is 5.82 Å². The summed E-state index contributed by atoms with van der Waals surface area (Å²) in [6.07, 6.45) is 4.82. The highest BCUT2D eigenvalue weighted by Crippen LogP contribution is 2.45. The van der Waals surface area contributed by atoms with Gasteiger partial charge in [0.1, 0.15) is 0 Å². The fraction of sp³-hybridized carbons (Fsp3) is 0.296. The van der Waals surface area contributed by atoms with Crippen LogP contribution in [0.25, 0.3) is 22.5 Å². The van der Waals surface area contributed by atoms with Crippen LogP contribution in [0.4, 0.5) is 0 Å². The Morgan fingerprint density at radius 1 is 1.23 bits per heavy atom. The lowest BCUT2D eigenvalue weighted by Crippen LogP contribution is -2.27. The second-order valence-corrected chi connectivity index (χ2v) is 9.52. The molecule has 0 saturated heterocycles. The van der Waals surface area contributed by atoms with Gasteiger partial charge in [0.05, 0.1) is 18.2 Å². The predicted octanol–water partition coefficient (Wildman–Crippen LogP) is 5.43. The van der Waals surface area contributed by atoms with Crippen molar-refractivity contribution in [2.75, 3.05) is 27.3 Å². The summed E-state index contributed by atoms with van der Waals surface area (Å²) in [5.41, 5.74) is 4.60. The molecule has 35 heavy (non-hydrogen) atoms. The third kappa shape index (κ3) is 5.70. The summed E-state index contributed by atoms with van der Waals surface area (Å²) >= 11 is 6.52. The van der Waals surface area contributed by atoms with Crippen molar-refractivity contribution in [2.45, 2.75) is 19.9 Å². The van der Waals surface area contributed by atoms with Crippen LogP contribution in [0.15, 0.2) is 65.2 Å². The molecule has 4 rings (SSSR count). The Labute approximate surface area is 209 Å². The number of likely N-dealkylation sites (N-methyl/N-ethyl adjacent to an activating group) is 1. The van der Waals surface area contributed by atoms with Gasteiger partial charge in [-0.05, 0) is 42.3 Å². The van der Waals surface area contributed by atoms with Crippen LogP contribution < -0.4 is 0 Å². The number of methoxy groups -OCH3 is 1. The predicted molar refractivity (Wildman–Crippen MR) is 136 cm³/mol. The molecule has 0 spiro atoms. The first-order valence-corrected chi connectivity index (χ1v) is 11.7. The van der Waals surface area contributed by atoms with E-state index in [0.29, 0.717) is 41.9 Å². The van der Waals surface area contributed by atoms with E-state index in [9.17, 15) is 4.79 Å². The number of ether oxygens (including phenoxy) is 1. The molecule has 1 N–H and O–H groups in total. The Morgan fingerprint density at radius 3 is 2.69 bits per heavy atom. The summed E-state index contributed by atoms with van der Waals surface area (Å²) in [6.45, 7) is 3.14. The van der Waals surface area contributed by atoms with Gasteiger partial charge in [-0.2, -0.15) is 4.98 Å². The number of nitrogens with zero attached hydrogens (tertiary/aromatic N) is 3. The molecule has 1 atom stereocenters. The molecule has 1 aliphatic rings. The van der Waals surface area contributed by atoms with E-state index in [2.05, 4.69) is 35.3 Å². The van der Waals surface area contributed by atoms with Crippen LogP contribution in [0.3, 0.4) is 0 Å². The van der Waals surface area contributed by atoms with Crippen molar-refractivity contribution >= 4 is 28.7 Å². The van der Waals surface area contributed by atoms with Gasteiger partial charge >= 0.3 is 5.97 Å². The summed E-state index contributed by atoms with van der Waals surface area (Å²) in [6, 6.07) is 15.8. The Balaban J connectivity index is 1.58. The minimum Gasteiger partial charge on any atom is -0.480 e. The first-order valence-electron chi connectivity index (χ1n) is 11.3. The summed E-state index contributed by atoms with van der Waals surface area (Å²) in [5, 5.41) is 13.6. The van der Waals surface area contributed by atoms with Crippen LogP contribution in [0.1, 0.15) is 30.4 Å². The van der Waals surface area contributed by atoms with Crippen LogP contribution >= 0.6 is 11.6 Å². The molecule has 8 heteroatoms. The molecule has 0 fully saturated rings. The molecule has 0 amide bonds. The zero-order chi connectivity index (χ0) is 25.0. The van der Waals surface area contributed by atoms with Gasteiger partial charge in [0, 0.05) is 30.2 Å². The number of rotatable bonds is 9. The molecule has 0 bridgehead atoms. The molecule has 0 aliphatic heterocycles. The normalized spacial score (nSPS) is 17.9. The number of aliphatic carboxylic acids is 1. The van der Waals surface area contributed by atoms with Crippen LogP contribution in [0.2, 0.25) is 5.02 Å². The third-order valence-electron chi connectivity index (χ3n) is 6.06. The Morgan fingerprint density at radius 2 is 2.00 bits per heavy atom. The first-order chi connectivity index (χ1) is 16.8. The van der Waals surface area contributed by atoms with E-state index in [-0.39, 0.29) is 12.0 Å². The number of aromatic nitrogens is 2. The van der Waals surface area contributed by atoms with Crippen LogP contribution in [-0.4, -0.2) is 53.4 Å². The SMILES string of the molecule is COCC1(C)CC(c2nc(-c3ccc(CN(C)CC(=O)O)cc3Cl)no2)=CC=C1c1ccccc1. The maximum atomic E-state index is 10.9. The number of halogens is 1. The van der Waals surface area contributed by atoms with Crippen molar-refractivity contribution in [2.24, 2.45) is 5.41 Å². The highest BCUT2D eigenvalue weighted by molar-refractivity contribution is 6.33. The second-order valence-electron chi connectivity index (χ2n) is 9.11. The average Bonchev–Trinajstić information content (AvgIpc) is 3.29. The molecule has 1 aliphatic carbocycles. The number of carboxylic acid groups (broad SMARTS) is 1. The number of hydrogen-bond donors (Lipinski definition) is 1. The zero-order valence-corrected chi connectivity index (χ0v) is 20.7. The lowest BCUT2D eigenvalue weighted by atomic mass is 9.71. The van der Waals surface area contributed by atoms with Crippen LogP contribution in [0, 0.1) is 5.41 Å². The average molecular weight is 494 g/mol. The van der Waals surface area contributed by atoms with Gasteiger partial charge in [-0.25, -0.2) is 0 Å². The Bertz CT molecular complexity index is 1270. The Kier molecular flexibility index (Phi) is 7.50. The van der Waals surface area contributed by atoms with Gasteiger partial charge in [0.25, 0.3) is 5.89 Å². The molecule has 0 radical (unpaired) electrons. The maximum absolute atomic E-state index is 10.9. The molecule has 182 valence electrons. The van der Waals surface area contributed by atoms with E-state index in [1.54, 1.807) is 25.1 Å². The van der Waals surface area contributed by atoms with Crippen molar-refractivity contribution in [1.82, 2.24) is 15.0 Å². The highest BCUT2D eigenvalue weighted by atomic mass is 35.5. The van der Waals surface area contributed by atoms with Gasteiger partial charge in [-0.1, -0.05) is 72.2 Å². The first kappa shape index (κ1) is 24.9. The fourth-order valence-corrected chi connectivity index (χ4v) is 4.80. The van der Waals surface area contributed by atoms with Crippen LogP contribution in [0.5, 0.6) is 0 Å². The van der Waals surface area contributed by atoms with E-state index in [1.807, 2.05) is 36.4 Å². The standard InChI is InChI=1S/C27H28ClN3O4/c1-27(17-34-3)14-20(10-12-22(27)19-7-5-4-6-8-19)26-29-25(30-35-26)21-11-9-18(13-23(21)28)15-31(2)16-24(32)33/h4-13H,14-17H2,1-3H3,(H,32,33). The van der Waals surface area contributed by atoms with Gasteiger partial charge in [0.15, 0.2) is 0 Å². The molecule has 7 nitrogen and oxygen atoms in total. The van der Waals surface area contributed by atoms with Crippen molar-refractivity contribution in [3.63, 3.8) is 0 Å². The summed E-state index contributed by atoms with van der Waals surface area (Å²) in [4.78, 5) is 17.2. The molecule has 2 aromatic carbocycles. The van der Waals surface area contributed by atoms with Crippen molar-refractivity contribution < 1.29 is 19.2 Å².